The van der Waals surface area contributed by atoms with Gasteiger partial charge in [0.05, 0.1) is 11.4 Å². The fourth-order valence-electron chi connectivity index (χ4n) is 1.82. The molecule has 0 radical (unpaired) electrons. The number of pyridine rings is 1. The number of nitrogens with one attached hydrogen (secondary N) is 2. The van der Waals surface area contributed by atoms with Crippen molar-refractivity contribution in [2.75, 3.05) is 17.6 Å². The van der Waals surface area contributed by atoms with Crippen LogP contribution in [-0.2, 0) is 6.42 Å². The molecule has 0 atom stereocenters. The van der Waals surface area contributed by atoms with Crippen molar-refractivity contribution in [1.29, 1.82) is 0 Å². The molecule has 8 nitrogen and oxygen atoms in total. The van der Waals surface area contributed by atoms with Gasteiger partial charge in [-0.1, -0.05) is 6.07 Å². The molecule has 0 spiro atoms. The van der Waals surface area contributed by atoms with E-state index >= 15 is 0 Å². The molecule has 0 saturated heterocycles. The summed E-state index contributed by atoms with van der Waals surface area (Å²) in [5, 5.41) is 9.66. The van der Waals surface area contributed by atoms with Crippen molar-refractivity contribution in [3.05, 3.63) is 42.5 Å². The normalized spacial score (nSPS) is 10.5. The maximum Gasteiger partial charge on any atom is 0.239 e. The number of H-pyrrole nitrogens is 1. The molecule has 3 aromatic rings. The number of nitrogens with two attached hydrogens (primary N) is 1. The van der Waals surface area contributed by atoms with Crippen LogP contribution in [0.3, 0.4) is 0 Å². The summed E-state index contributed by atoms with van der Waals surface area (Å²) in [6.07, 6.45) is 4.09. The van der Waals surface area contributed by atoms with Crippen LogP contribution in [0.5, 0.6) is 0 Å². The zero-order valence-corrected chi connectivity index (χ0v) is 11.2. The summed E-state index contributed by atoms with van der Waals surface area (Å²) in [6, 6.07) is 7.52. The summed E-state index contributed by atoms with van der Waals surface area (Å²) in [4.78, 5) is 16.9. The van der Waals surface area contributed by atoms with Gasteiger partial charge in [-0.3, -0.25) is 10.1 Å². The Labute approximate surface area is 120 Å². The Kier molecular flexibility index (Phi) is 3.68. The van der Waals surface area contributed by atoms with Crippen molar-refractivity contribution in [3.63, 3.8) is 0 Å². The van der Waals surface area contributed by atoms with Gasteiger partial charge in [0.1, 0.15) is 5.82 Å². The third-order valence-corrected chi connectivity index (χ3v) is 2.78. The lowest BCUT2D eigenvalue weighted by Gasteiger charge is -2.05. The van der Waals surface area contributed by atoms with E-state index in [2.05, 4.69) is 35.5 Å². The zero-order chi connectivity index (χ0) is 14.5. The molecule has 8 heteroatoms. The first kappa shape index (κ1) is 13.0. The van der Waals surface area contributed by atoms with Gasteiger partial charge in [-0.2, -0.15) is 4.98 Å². The Morgan fingerprint density at radius 3 is 2.76 bits per heavy atom. The molecule has 0 saturated carbocycles. The lowest BCUT2D eigenvalue weighted by Crippen LogP contribution is -2.09. The van der Waals surface area contributed by atoms with Crippen LogP contribution in [0.25, 0.3) is 11.4 Å². The smallest absolute Gasteiger partial charge is 0.239 e. The van der Waals surface area contributed by atoms with E-state index in [9.17, 15) is 0 Å². The second kappa shape index (κ2) is 5.95. The first-order chi connectivity index (χ1) is 10.3. The Balaban J connectivity index is 1.64. The van der Waals surface area contributed by atoms with Crippen molar-refractivity contribution in [2.45, 2.75) is 6.42 Å². The van der Waals surface area contributed by atoms with Crippen LogP contribution in [-0.4, -0.2) is 36.7 Å². The van der Waals surface area contributed by atoms with Gasteiger partial charge in [-0.15, -0.1) is 5.10 Å². The molecular formula is C13H14N8. The third kappa shape index (κ3) is 3.30. The zero-order valence-electron chi connectivity index (χ0n) is 11.2. The van der Waals surface area contributed by atoms with Gasteiger partial charge >= 0.3 is 0 Å². The van der Waals surface area contributed by atoms with Crippen LogP contribution in [0.15, 0.2) is 36.7 Å². The SMILES string of the molecule is Nc1n[nH]c(CCNc2nccc(-c3ccccn3)n2)n1. The highest BCUT2D eigenvalue weighted by molar-refractivity contribution is 5.54. The van der Waals surface area contributed by atoms with E-state index in [4.69, 9.17) is 5.73 Å². The predicted molar refractivity (Wildman–Crippen MR) is 78.3 cm³/mol. The predicted octanol–water partition coefficient (Wildman–Crippen LogP) is 0.893. The molecule has 21 heavy (non-hydrogen) atoms. The number of aromatic nitrogens is 6. The van der Waals surface area contributed by atoms with Gasteiger partial charge < -0.3 is 11.1 Å². The average molecular weight is 282 g/mol. The second-order valence-electron chi connectivity index (χ2n) is 4.30. The number of rotatable bonds is 5. The largest absolute Gasteiger partial charge is 0.367 e. The quantitative estimate of drug-likeness (QED) is 0.636. The van der Waals surface area contributed by atoms with E-state index in [-0.39, 0.29) is 5.95 Å². The van der Waals surface area contributed by atoms with Crippen molar-refractivity contribution in [2.24, 2.45) is 0 Å². The Morgan fingerprint density at radius 1 is 1.05 bits per heavy atom. The lowest BCUT2D eigenvalue weighted by molar-refractivity contribution is 0.891. The number of hydrogen-bond acceptors (Lipinski definition) is 7. The van der Waals surface area contributed by atoms with Crippen LogP contribution in [0.1, 0.15) is 5.82 Å². The van der Waals surface area contributed by atoms with Crippen molar-refractivity contribution >= 4 is 11.9 Å². The fourth-order valence-corrected chi connectivity index (χ4v) is 1.82. The van der Waals surface area contributed by atoms with Gasteiger partial charge in [0.2, 0.25) is 11.9 Å². The summed E-state index contributed by atoms with van der Waals surface area (Å²) < 4.78 is 0. The molecule has 0 aliphatic heterocycles. The molecule has 0 aliphatic carbocycles. The van der Waals surface area contributed by atoms with Crippen LogP contribution in [0, 0.1) is 0 Å². The number of nitrogen functional groups attached to an aromatic ring is 1. The maximum absolute atomic E-state index is 5.44. The van der Waals surface area contributed by atoms with Gasteiger partial charge in [0, 0.05) is 25.4 Å². The number of aromatic amines is 1. The molecule has 0 unspecified atom stereocenters. The van der Waals surface area contributed by atoms with E-state index in [0.717, 1.165) is 17.2 Å². The number of hydrogen-bond donors (Lipinski definition) is 3. The molecule has 3 rings (SSSR count). The minimum atomic E-state index is 0.249. The van der Waals surface area contributed by atoms with Crippen LogP contribution in [0.4, 0.5) is 11.9 Å². The minimum Gasteiger partial charge on any atom is -0.367 e. The van der Waals surface area contributed by atoms with E-state index in [1.54, 1.807) is 12.4 Å². The summed E-state index contributed by atoms with van der Waals surface area (Å²) in [5.41, 5.74) is 7.03. The van der Waals surface area contributed by atoms with Crippen LogP contribution >= 0.6 is 0 Å². The average Bonchev–Trinajstić information content (AvgIpc) is 2.94. The van der Waals surface area contributed by atoms with E-state index < -0.39 is 0 Å². The molecule has 4 N–H and O–H groups in total. The highest BCUT2D eigenvalue weighted by Gasteiger charge is 2.03. The lowest BCUT2D eigenvalue weighted by atomic mass is 10.2. The molecular weight excluding hydrogens is 268 g/mol. The molecule has 3 heterocycles. The number of anilines is 2. The summed E-state index contributed by atoms with van der Waals surface area (Å²) >= 11 is 0. The topological polar surface area (TPSA) is 118 Å². The number of nitrogens with zero attached hydrogens (tertiary/aromatic N) is 5. The monoisotopic (exact) mass is 282 g/mol. The minimum absolute atomic E-state index is 0.249. The highest BCUT2D eigenvalue weighted by Crippen LogP contribution is 2.13. The van der Waals surface area contributed by atoms with Gasteiger partial charge in [0.25, 0.3) is 0 Å². The summed E-state index contributed by atoms with van der Waals surface area (Å²) in [6.45, 7) is 0.625. The summed E-state index contributed by atoms with van der Waals surface area (Å²) in [7, 11) is 0. The van der Waals surface area contributed by atoms with Crippen molar-refractivity contribution < 1.29 is 0 Å². The van der Waals surface area contributed by atoms with Gasteiger partial charge in [-0.25, -0.2) is 9.97 Å². The Bertz CT molecular complexity index is 709. The second-order valence-corrected chi connectivity index (χ2v) is 4.30. The molecule has 3 aromatic heterocycles. The van der Waals surface area contributed by atoms with Crippen LogP contribution < -0.4 is 11.1 Å². The third-order valence-electron chi connectivity index (χ3n) is 2.78. The van der Waals surface area contributed by atoms with Gasteiger partial charge in [-0.05, 0) is 18.2 Å². The van der Waals surface area contributed by atoms with Gasteiger partial charge in [0.15, 0.2) is 0 Å². The first-order valence-corrected chi connectivity index (χ1v) is 6.46. The van der Waals surface area contributed by atoms with E-state index in [1.807, 2.05) is 24.3 Å². The molecule has 0 fully saturated rings. The molecule has 0 amide bonds. The van der Waals surface area contributed by atoms with Crippen molar-refractivity contribution in [3.8, 4) is 11.4 Å². The molecule has 0 aromatic carbocycles. The molecule has 106 valence electrons. The first-order valence-electron chi connectivity index (χ1n) is 6.46. The molecule has 0 aliphatic rings. The van der Waals surface area contributed by atoms with Crippen LogP contribution in [0.2, 0.25) is 0 Å². The maximum atomic E-state index is 5.44. The van der Waals surface area contributed by atoms with Crippen molar-refractivity contribution in [1.82, 2.24) is 30.1 Å². The fraction of sp³-hybridized carbons (Fsp3) is 0.154. The highest BCUT2D eigenvalue weighted by atomic mass is 15.3. The summed E-state index contributed by atoms with van der Waals surface area (Å²) in [5.74, 6) is 1.52. The standard InChI is InChI=1S/C13H14N8/c14-12-19-11(20-21-12)5-8-17-13-16-7-4-10(18-13)9-3-1-2-6-15-9/h1-4,6-7H,5,8H2,(H,16,17,18)(H3,14,19,20,21). The Hall–Kier alpha value is -3.03. The van der Waals surface area contributed by atoms with E-state index in [1.165, 1.54) is 0 Å². The Morgan fingerprint density at radius 2 is 2.00 bits per heavy atom. The molecule has 0 bridgehead atoms. The van der Waals surface area contributed by atoms with E-state index in [0.29, 0.717) is 18.9 Å².